The summed E-state index contributed by atoms with van der Waals surface area (Å²) in [6.07, 6.45) is 8.18. The van der Waals surface area contributed by atoms with Gasteiger partial charge in [0, 0.05) is 49.4 Å². The number of likely N-dealkylation sites (tertiary alicyclic amines) is 2. The van der Waals surface area contributed by atoms with Crippen molar-refractivity contribution in [2.24, 2.45) is 5.92 Å². The molecule has 0 unspecified atom stereocenters. The van der Waals surface area contributed by atoms with Crippen molar-refractivity contribution in [1.29, 1.82) is 0 Å². The van der Waals surface area contributed by atoms with Crippen molar-refractivity contribution in [1.82, 2.24) is 14.8 Å². The van der Waals surface area contributed by atoms with Crippen molar-refractivity contribution in [3.05, 3.63) is 65.0 Å². The number of piperidine rings is 2. The van der Waals surface area contributed by atoms with Gasteiger partial charge in [0.05, 0.1) is 0 Å². The Morgan fingerprint density at radius 2 is 1.59 bits per heavy atom. The first-order valence-electron chi connectivity index (χ1n) is 12.9. The summed E-state index contributed by atoms with van der Waals surface area (Å²) in [5.41, 5.74) is 4.73. The Balaban J connectivity index is 1.14. The SMILES string of the molecule is O=C(O)[C@@H](c1ccccc1)N1CCC(C(=O)N2CCC(c3ccc4c(n3)CCCC4)CC2)CC1. The molecule has 1 N–H and O–H groups in total. The number of nitrogens with zero attached hydrogens (tertiary/aromatic N) is 3. The predicted octanol–water partition coefficient (Wildman–Crippen LogP) is 4.20. The number of hydrogen-bond donors (Lipinski definition) is 1. The Kier molecular flexibility index (Phi) is 6.95. The monoisotopic (exact) mass is 461 g/mol. The zero-order valence-electron chi connectivity index (χ0n) is 19.9. The number of pyridine rings is 1. The van der Waals surface area contributed by atoms with Crippen molar-refractivity contribution in [2.75, 3.05) is 26.2 Å². The second kappa shape index (κ2) is 10.3. The maximum Gasteiger partial charge on any atom is 0.325 e. The van der Waals surface area contributed by atoms with Crippen molar-refractivity contribution < 1.29 is 14.7 Å². The molecule has 1 aliphatic carbocycles. The van der Waals surface area contributed by atoms with Crippen LogP contribution < -0.4 is 0 Å². The normalized spacial score (nSPS) is 21.1. The van der Waals surface area contributed by atoms with Crippen LogP contribution in [0.1, 0.15) is 73.0 Å². The molecule has 6 heteroatoms. The average molecular weight is 462 g/mol. The van der Waals surface area contributed by atoms with E-state index in [2.05, 4.69) is 12.1 Å². The minimum absolute atomic E-state index is 0.000104. The molecule has 3 heterocycles. The lowest BCUT2D eigenvalue weighted by molar-refractivity contribution is -0.145. The molecule has 3 aliphatic rings. The number of aliphatic carboxylic acids is 1. The fraction of sp³-hybridized carbons (Fsp3) is 0.536. The van der Waals surface area contributed by atoms with Gasteiger partial charge >= 0.3 is 5.97 Å². The molecule has 0 radical (unpaired) electrons. The second-order valence-electron chi connectivity index (χ2n) is 10.1. The van der Waals surface area contributed by atoms with Crippen molar-refractivity contribution in [3.8, 4) is 0 Å². The first-order chi connectivity index (χ1) is 16.6. The molecule has 180 valence electrons. The molecule has 2 saturated heterocycles. The number of carboxylic acids is 1. The lowest BCUT2D eigenvalue weighted by Crippen LogP contribution is -2.46. The lowest BCUT2D eigenvalue weighted by Gasteiger charge is -2.39. The van der Waals surface area contributed by atoms with Crippen LogP contribution in [0.25, 0.3) is 0 Å². The third-order valence-corrected chi connectivity index (χ3v) is 8.02. The molecule has 34 heavy (non-hydrogen) atoms. The number of hydrogen-bond acceptors (Lipinski definition) is 4. The summed E-state index contributed by atoms with van der Waals surface area (Å²) in [6, 6.07) is 13.3. The fourth-order valence-corrected chi connectivity index (χ4v) is 6.03. The number of fused-ring (bicyclic) bond motifs is 1. The van der Waals surface area contributed by atoms with Crippen LogP contribution in [0.4, 0.5) is 0 Å². The molecule has 1 aromatic heterocycles. The minimum Gasteiger partial charge on any atom is -0.480 e. The van der Waals surface area contributed by atoms with Crippen LogP contribution in [-0.2, 0) is 22.4 Å². The molecule has 0 saturated carbocycles. The van der Waals surface area contributed by atoms with Crippen LogP contribution in [0.15, 0.2) is 42.5 Å². The van der Waals surface area contributed by atoms with Crippen LogP contribution in [-0.4, -0.2) is 57.9 Å². The molecule has 5 rings (SSSR count). The number of amides is 1. The summed E-state index contributed by atoms with van der Waals surface area (Å²) in [6.45, 7) is 2.87. The Bertz CT molecular complexity index is 1010. The molecule has 0 spiro atoms. The molecule has 6 nitrogen and oxygen atoms in total. The van der Waals surface area contributed by atoms with Crippen molar-refractivity contribution in [2.45, 2.75) is 63.3 Å². The zero-order chi connectivity index (χ0) is 23.5. The topological polar surface area (TPSA) is 73.7 Å². The van der Waals surface area contributed by atoms with Gasteiger partial charge in [-0.1, -0.05) is 36.4 Å². The fourth-order valence-electron chi connectivity index (χ4n) is 6.03. The van der Waals surface area contributed by atoms with E-state index in [9.17, 15) is 14.7 Å². The highest BCUT2D eigenvalue weighted by Crippen LogP contribution is 2.32. The summed E-state index contributed by atoms with van der Waals surface area (Å²) in [5, 5.41) is 9.82. The number of benzene rings is 1. The van der Waals surface area contributed by atoms with E-state index in [1.165, 1.54) is 29.8 Å². The van der Waals surface area contributed by atoms with Gasteiger partial charge in [-0.25, -0.2) is 0 Å². The van der Waals surface area contributed by atoms with Gasteiger partial charge in [-0.2, -0.15) is 0 Å². The zero-order valence-corrected chi connectivity index (χ0v) is 19.9. The maximum atomic E-state index is 13.2. The van der Waals surface area contributed by atoms with Crippen LogP contribution in [0, 0.1) is 5.92 Å². The van der Waals surface area contributed by atoms with Crippen LogP contribution >= 0.6 is 0 Å². The molecule has 1 atom stereocenters. The van der Waals surface area contributed by atoms with Gasteiger partial charge in [0.1, 0.15) is 6.04 Å². The summed E-state index contributed by atoms with van der Waals surface area (Å²) in [5.74, 6) is -0.128. The van der Waals surface area contributed by atoms with Crippen molar-refractivity contribution in [3.63, 3.8) is 0 Å². The van der Waals surface area contributed by atoms with E-state index in [1.54, 1.807) is 0 Å². The molecule has 0 bridgehead atoms. The highest BCUT2D eigenvalue weighted by atomic mass is 16.4. The van der Waals surface area contributed by atoms with Gasteiger partial charge in [0.15, 0.2) is 0 Å². The van der Waals surface area contributed by atoms with Crippen molar-refractivity contribution >= 4 is 11.9 Å². The molecule has 2 aromatic rings. The molecule has 1 amide bonds. The summed E-state index contributed by atoms with van der Waals surface area (Å²) >= 11 is 0. The van der Waals surface area contributed by atoms with E-state index in [0.29, 0.717) is 19.0 Å². The predicted molar refractivity (Wildman–Crippen MR) is 131 cm³/mol. The highest BCUT2D eigenvalue weighted by molar-refractivity contribution is 5.79. The molecule has 1 aromatic carbocycles. The number of carboxylic acid groups (broad SMARTS) is 1. The minimum atomic E-state index is -0.825. The molecule has 2 aliphatic heterocycles. The van der Waals surface area contributed by atoms with Gasteiger partial charge in [0.25, 0.3) is 0 Å². The van der Waals surface area contributed by atoms with E-state index in [0.717, 1.165) is 57.2 Å². The Labute approximate surface area is 202 Å². The number of carbonyl (C=O) groups excluding carboxylic acids is 1. The van der Waals surface area contributed by atoms with Crippen LogP contribution in [0.5, 0.6) is 0 Å². The van der Waals surface area contributed by atoms with E-state index in [1.807, 2.05) is 40.1 Å². The Morgan fingerprint density at radius 3 is 2.29 bits per heavy atom. The molecule has 2 fully saturated rings. The van der Waals surface area contributed by atoms with E-state index in [-0.39, 0.29) is 11.8 Å². The van der Waals surface area contributed by atoms with Crippen LogP contribution in [0.3, 0.4) is 0 Å². The number of carbonyl (C=O) groups is 2. The summed E-state index contributed by atoms with van der Waals surface area (Å²) < 4.78 is 0. The van der Waals surface area contributed by atoms with E-state index in [4.69, 9.17) is 4.98 Å². The standard InChI is InChI=1S/C28H35N3O3/c32-27(23-14-16-30(17-15-23)26(28(33)34)22-7-2-1-3-8-22)31-18-12-21(13-19-31)25-11-10-20-6-4-5-9-24(20)29-25/h1-3,7-8,10-11,21,23,26H,4-6,9,12-19H2,(H,33,34)/t26-/m1/s1. The van der Waals surface area contributed by atoms with Gasteiger partial charge in [-0.05, 0) is 68.6 Å². The lowest BCUT2D eigenvalue weighted by atomic mass is 9.88. The third kappa shape index (κ3) is 4.88. The summed E-state index contributed by atoms with van der Waals surface area (Å²) in [4.78, 5) is 34.3. The summed E-state index contributed by atoms with van der Waals surface area (Å²) in [7, 11) is 0. The van der Waals surface area contributed by atoms with Gasteiger partial charge in [-0.15, -0.1) is 0 Å². The largest absolute Gasteiger partial charge is 0.480 e. The number of aryl methyl sites for hydroxylation is 2. The highest BCUT2D eigenvalue weighted by Gasteiger charge is 2.35. The molecular weight excluding hydrogens is 426 g/mol. The van der Waals surface area contributed by atoms with Gasteiger partial charge in [-0.3, -0.25) is 19.5 Å². The van der Waals surface area contributed by atoms with E-state index >= 15 is 0 Å². The molecular formula is C28H35N3O3. The Hall–Kier alpha value is -2.73. The van der Waals surface area contributed by atoms with Gasteiger partial charge in [0.2, 0.25) is 5.91 Å². The van der Waals surface area contributed by atoms with Crippen LogP contribution in [0.2, 0.25) is 0 Å². The smallest absolute Gasteiger partial charge is 0.325 e. The number of rotatable bonds is 5. The van der Waals surface area contributed by atoms with E-state index < -0.39 is 12.0 Å². The maximum absolute atomic E-state index is 13.2. The average Bonchev–Trinajstić information content (AvgIpc) is 2.89. The second-order valence-corrected chi connectivity index (χ2v) is 10.1. The number of aromatic nitrogens is 1. The third-order valence-electron chi connectivity index (χ3n) is 8.02. The first-order valence-corrected chi connectivity index (χ1v) is 12.9. The Morgan fingerprint density at radius 1 is 0.882 bits per heavy atom. The first kappa shape index (κ1) is 23.0. The quantitative estimate of drug-likeness (QED) is 0.722. The van der Waals surface area contributed by atoms with Gasteiger partial charge < -0.3 is 10.0 Å².